The van der Waals surface area contributed by atoms with Crippen molar-refractivity contribution in [1.82, 2.24) is 4.90 Å². The summed E-state index contributed by atoms with van der Waals surface area (Å²) in [6.45, 7) is 1.63. The first-order valence-corrected chi connectivity index (χ1v) is 11.4. The summed E-state index contributed by atoms with van der Waals surface area (Å²) < 4.78 is 0. The highest BCUT2D eigenvalue weighted by Crippen LogP contribution is 2.36. The van der Waals surface area contributed by atoms with Gasteiger partial charge in [-0.05, 0) is 60.6 Å². The zero-order valence-electron chi connectivity index (χ0n) is 16.9. The summed E-state index contributed by atoms with van der Waals surface area (Å²) in [7, 11) is 0. The Balaban J connectivity index is 1.38. The summed E-state index contributed by atoms with van der Waals surface area (Å²) in [4.78, 5) is 27.3. The molecule has 1 aliphatic carbocycles. The fraction of sp³-hybridized carbons (Fsp3) is 0.417. The van der Waals surface area contributed by atoms with Crippen LogP contribution >= 0.6 is 23.2 Å². The van der Waals surface area contributed by atoms with Crippen molar-refractivity contribution in [3.8, 4) is 0 Å². The SMILES string of the molecule is O=C(Cc1ccc(Cl)cc1)Nc1ccc(C(=O)N2CC[C@H]3CCCC[C@H]3C2)c(Cl)c1. The highest BCUT2D eigenvalue weighted by Gasteiger charge is 2.33. The topological polar surface area (TPSA) is 49.4 Å². The van der Waals surface area contributed by atoms with Crippen LogP contribution in [0, 0.1) is 11.8 Å². The van der Waals surface area contributed by atoms with E-state index in [1.165, 1.54) is 25.7 Å². The van der Waals surface area contributed by atoms with Crippen molar-refractivity contribution in [1.29, 1.82) is 0 Å². The molecule has 2 aliphatic rings. The molecule has 4 rings (SSSR count). The lowest BCUT2D eigenvalue weighted by Gasteiger charge is -2.41. The molecule has 2 aromatic carbocycles. The van der Waals surface area contributed by atoms with Crippen LogP contribution in [0.3, 0.4) is 0 Å². The molecule has 1 aliphatic heterocycles. The summed E-state index contributed by atoms with van der Waals surface area (Å²) in [6.07, 6.45) is 6.46. The van der Waals surface area contributed by atoms with Crippen molar-refractivity contribution < 1.29 is 9.59 Å². The number of carbonyl (C=O) groups is 2. The molecule has 4 nitrogen and oxygen atoms in total. The van der Waals surface area contributed by atoms with Crippen molar-refractivity contribution in [2.75, 3.05) is 18.4 Å². The van der Waals surface area contributed by atoms with E-state index in [0.29, 0.717) is 27.2 Å². The third kappa shape index (κ3) is 4.98. The molecule has 1 heterocycles. The second-order valence-corrected chi connectivity index (χ2v) is 9.23. The Labute approximate surface area is 187 Å². The molecule has 0 unspecified atom stereocenters. The average molecular weight is 445 g/mol. The van der Waals surface area contributed by atoms with E-state index < -0.39 is 0 Å². The molecule has 0 bridgehead atoms. The molecule has 158 valence electrons. The van der Waals surface area contributed by atoms with E-state index >= 15 is 0 Å². The maximum atomic E-state index is 13.0. The first-order valence-electron chi connectivity index (χ1n) is 10.6. The van der Waals surface area contributed by atoms with Gasteiger partial charge in [0.15, 0.2) is 0 Å². The molecule has 2 atom stereocenters. The van der Waals surface area contributed by atoms with Crippen molar-refractivity contribution in [2.24, 2.45) is 11.8 Å². The first-order chi connectivity index (χ1) is 14.5. The Bertz CT molecular complexity index is 929. The smallest absolute Gasteiger partial charge is 0.255 e. The monoisotopic (exact) mass is 444 g/mol. The van der Waals surface area contributed by atoms with E-state index in [1.807, 2.05) is 17.0 Å². The highest BCUT2D eigenvalue weighted by molar-refractivity contribution is 6.34. The van der Waals surface area contributed by atoms with E-state index in [4.69, 9.17) is 23.2 Å². The number of carbonyl (C=O) groups excluding carboxylic acids is 2. The molecule has 0 spiro atoms. The molecule has 2 fully saturated rings. The quantitative estimate of drug-likeness (QED) is 0.644. The number of halogens is 2. The van der Waals surface area contributed by atoms with Gasteiger partial charge in [0.1, 0.15) is 0 Å². The van der Waals surface area contributed by atoms with E-state index in [-0.39, 0.29) is 18.2 Å². The summed E-state index contributed by atoms with van der Waals surface area (Å²) in [6, 6.07) is 12.3. The van der Waals surface area contributed by atoms with Crippen LogP contribution in [0.1, 0.15) is 48.0 Å². The van der Waals surface area contributed by atoms with E-state index in [0.717, 1.165) is 31.0 Å². The molecule has 2 amide bonds. The zero-order chi connectivity index (χ0) is 21.1. The number of piperidine rings is 1. The van der Waals surface area contributed by atoms with Crippen LogP contribution in [0.5, 0.6) is 0 Å². The second kappa shape index (κ2) is 9.40. The molecule has 6 heteroatoms. The van der Waals surface area contributed by atoms with Crippen molar-refractivity contribution in [3.63, 3.8) is 0 Å². The molecule has 2 aromatic rings. The van der Waals surface area contributed by atoms with Crippen molar-refractivity contribution >= 4 is 40.7 Å². The van der Waals surface area contributed by atoms with Gasteiger partial charge in [-0.15, -0.1) is 0 Å². The van der Waals surface area contributed by atoms with Crippen LogP contribution in [-0.4, -0.2) is 29.8 Å². The fourth-order valence-corrected chi connectivity index (χ4v) is 5.10. The average Bonchev–Trinajstić information content (AvgIpc) is 2.74. The molecule has 0 radical (unpaired) electrons. The minimum absolute atomic E-state index is 0.0111. The van der Waals surface area contributed by atoms with Gasteiger partial charge in [0.25, 0.3) is 5.91 Å². The third-order valence-corrected chi connectivity index (χ3v) is 6.90. The predicted molar refractivity (Wildman–Crippen MR) is 121 cm³/mol. The molecule has 0 aromatic heterocycles. The van der Waals surface area contributed by atoms with Gasteiger partial charge in [-0.1, -0.05) is 54.6 Å². The number of amides is 2. The van der Waals surface area contributed by atoms with Gasteiger partial charge in [-0.3, -0.25) is 9.59 Å². The van der Waals surface area contributed by atoms with Gasteiger partial charge in [0, 0.05) is 23.8 Å². The Morgan fingerprint density at radius 1 is 0.967 bits per heavy atom. The Kier molecular flexibility index (Phi) is 6.64. The Morgan fingerprint density at radius 3 is 2.43 bits per heavy atom. The number of hydrogen-bond acceptors (Lipinski definition) is 2. The first kappa shape index (κ1) is 21.2. The van der Waals surface area contributed by atoms with Crippen molar-refractivity contribution in [2.45, 2.75) is 38.5 Å². The van der Waals surface area contributed by atoms with Crippen LogP contribution in [0.2, 0.25) is 10.0 Å². The van der Waals surface area contributed by atoms with Crippen LogP contribution in [0.15, 0.2) is 42.5 Å². The lowest BCUT2D eigenvalue weighted by molar-refractivity contribution is -0.115. The van der Waals surface area contributed by atoms with Gasteiger partial charge < -0.3 is 10.2 Å². The Morgan fingerprint density at radius 2 is 1.70 bits per heavy atom. The lowest BCUT2D eigenvalue weighted by atomic mass is 9.75. The molecular weight excluding hydrogens is 419 g/mol. The molecule has 1 saturated heterocycles. The fourth-order valence-electron chi connectivity index (χ4n) is 4.71. The van der Waals surface area contributed by atoms with Gasteiger partial charge >= 0.3 is 0 Å². The molecular formula is C24H26Cl2N2O2. The zero-order valence-corrected chi connectivity index (χ0v) is 18.4. The van der Waals surface area contributed by atoms with Gasteiger partial charge in [-0.25, -0.2) is 0 Å². The lowest BCUT2D eigenvalue weighted by Crippen LogP contribution is -2.44. The number of likely N-dealkylation sites (tertiary alicyclic amines) is 1. The van der Waals surface area contributed by atoms with E-state index in [2.05, 4.69) is 5.32 Å². The number of anilines is 1. The van der Waals surface area contributed by atoms with E-state index in [1.54, 1.807) is 30.3 Å². The summed E-state index contributed by atoms with van der Waals surface area (Å²) in [5, 5.41) is 3.86. The normalized spacial score (nSPS) is 21.1. The number of hydrogen-bond donors (Lipinski definition) is 1. The highest BCUT2D eigenvalue weighted by atomic mass is 35.5. The molecule has 30 heavy (non-hydrogen) atoms. The van der Waals surface area contributed by atoms with Crippen molar-refractivity contribution in [3.05, 3.63) is 63.6 Å². The van der Waals surface area contributed by atoms with Crippen LogP contribution in [0.25, 0.3) is 0 Å². The number of fused-ring (bicyclic) bond motifs is 1. The van der Waals surface area contributed by atoms with Gasteiger partial charge in [-0.2, -0.15) is 0 Å². The third-order valence-electron chi connectivity index (χ3n) is 6.34. The predicted octanol–water partition coefficient (Wildman–Crippen LogP) is 5.83. The number of rotatable bonds is 4. The van der Waals surface area contributed by atoms with Gasteiger partial charge in [0.05, 0.1) is 17.0 Å². The number of nitrogens with zero attached hydrogens (tertiary/aromatic N) is 1. The molecule has 1 saturated carbocycles. The van der Waals surface area contributed by atoms with Crippen LogP contribution in [-0.2, 0) is 11.2 Å². The maximum Gasteiger partial charge on any atom is 0.255 e. The van der Waals surface area contributed by atoms with Crippen LogP contribution < -0.4 is 5.32 Å². The summed E-state index contributed by atoms with van der Waals surface area (Å²) in [5.41, 5.74) is 1.96. The van der Waals surface area contributed by atoms with E-state index in [9.17, 15) is 9.59 Å². The summed E-state index contributed by atoms with van der Waals surface area (Å²) in [5.74, 6) is 1.24. The molecule has 1 N–H and O–H groups in total. The largest absolute Gasteiger partial charge is 0.338 e. The second-order valence-electron chi connectivity index (χ2n) is 8.39. The number of benzene rings is 2. The van der Waals surface area contributed by atoms with Crippen LogP contribution in [0.4, 0.5) is 5.69 Å². The standard InChI is InChI=1S/C24H26Cl2N2O2/c25-19-7-5-16(6-8-19)13-23(29)27-20-9-10-21(22(26)14-20)24(30)28-12-11-17-3-1-2-4-18(17)15-28/h5-10,14,17-18H,1-4,11-13,15H2,(H,27,29)/t17-,18+/m1/s1. The van der Waals surface area contributed by atoms with Gasteiger partial charge in [0.2, 0.25) is 5.91 Å². The minimum atomic E-state index is -0.146. The number of nitrogens with one attached hydrogen (secondary N) is 1. The Hall–Kier alpha value is -2.04. The summed E-state index contributed by atoms with van der Waals surface area (Å²) >= 11 is 12.3. The minimum Gasteiger partial charge on any atom is -0.338 e. The maximum absolute atomic E-state index is 13.0.